The zero-order valence-corrected chi connectivity index (χ0v) is 15.5. The highest BCUT2D eigenvalue weighted by atomic mass is 32.2. The van der Waals surface area contributed by atoms with Gasteiger partial charge in [0.1, 0.15) is 0 Å². The Labute approximate surface area is 147 Å². The zero-order chi connectivity index (χ0) is 18.4. The normalized spacial score (nSPS) is 15.3. The summed E-state index contributed by atoms with van der Waals surface area (Å²) in [6, 6.07) is 0.188. The van der Waals surface area contributed by atoms with E-state index in [0.717, 1.165) is 36.5 Å². The Morgan fingerprint density at radius 1 is 1.24 bits per heavy atom. The summed E-state index contributed by atoms with van der Waals surface area (Å²) >= 11 is 0. The molecule has 1 aliphatic heterocycles. The standard InChI is InChI=1S/C14H24N6O4S/c1-19(25(3,22)23)10-12(21)15-9-11-16-13(18-14(17-11)24-2)20-7-5-4-6-8-20/h4-10H2,1-3H3,(H,15,21). The van der Waals surface area contributed by atoms with E-state index >= 15 is 0 Å². The highest BCUT2D eigenvalue weighted by Crippen LogP contribution is 2.17. The van der Waals surface area contributed by atoms with Crippen LogP contribution in [0.3, 0.4) is 0 Å². The van der Waals surface area contributed by atoms with Gasteiger partial charge in [-0.2, -0.15) is 19.3 Å². The number of nitrogens with zero attached hydrogens (tertiary/aromatic N) is 5. The molecule has 1 aromatic rings. The second kappa shape index (κ2) is 8.39. The van der Waals surface area contributed by atoms with Crippen LogP contribution >= 0.6 is 0 Å². The van der Waals surface area contributed by atoms with Crippen LogP contribution in [-0.2, 0) is 21.4 Å². The molecule has 140 valence electrons. The van der Waals surface area contributed by atoms with Crippen LogP contribution in [0, 0.1) is 0 Å². The van der Waals surface area contributed by atoms with Crippen LogP contribution in [0.5, 0.6) is 6.01 Å². The van der Waals surface area contributed by atoms with E-state index in [1.807, 2.05) is 0 Å². The molecule has 0 radical (unpaired) electrons. The first kappa shape index (κ1) is 19.3. The minimum absolute atomic E-state index is 0.0656. The van der Waals surface area contributed by atoms with Crippen molar-refractivity contribution < 1.29 is 17.9 Å². The summed E-state index contributed by atoms with van der Waals surface area (Å²) in [6.07, 6.45) is 4.40. The third-order valence-electron chi connectivity index (χ3n) is 3.85. The molecular weight excluding hydrogens is 348 g/mol. The Bertz CT molecular complexity index is 705. The molecule has 0 aromatic carbocycles. The zero-order valence-electron chi connectivity index (χ0n) is 14.7. The Kier molecular flexibility index (Phi) is 6.48. The van der Waals surface area contributed by atoms with E-state index in [-0.39, 0.29) is 19.1 Å². The van der Waals surface area contributed by atoms with E-state index in [0.29, 0.717) is 11.8 Å². The summed E-state index contributed by atoms with van der Waals surface area (Å²) in [5, 5.41) is 2.61. The van der Waals surface area contributed by atoms with E-state index in [1.165, 1.54) is 20.6 Å². The number of hydrogen-bond donors (Lipinski definition) is 1. The molecule has 1 amide bonds. The Morgan fingerprint density at radius 3 is 2.52 bits per heavy atom. The lowest BCUT2D eigenvalue weighted by atomic mass is 10.1. The third-order valence-corrected chi connectivity index (χ3v) is 5.11. The molecule has 1 saturated heterocycles. The van der Waals surface area contributed by atoms with Crippen LogP contribution in [0.15, 0.2) is 0 Å². The number of piperidine rings is 1. The van der Waals surface area contributed by atoms with Crippen molar-refractivity contribution in [3.63, 3.8) is 0 Å². The largest absolute Gasteiger partial charge is 0.467 e. The first-order valence-electron chi connectivity index (χ1n) is 8.01. The van der Waals surface area contributed by atoms with Crippen molar-refractivity contribution in [3.05, 3.63) is 5.82 Å². The summed E-state index contributed by atoms with van der Waals surface area (Å²) in [5.41, 5.74) is 0. The summed E-state index contributed by atoms with van der Waals surface area (Å²) in [7, 11) is -0.595. The van der Waals surface area contributed by atoms with Crippen LogP contribution in [0.1, 0.15) is 25.1 Å². The lowest BCUT2D eigenvalue weighted by Crippen LogP contribution is -2.38. The van der Waals surface area contributed by atoms with Gasteiger partial charge >= 0.3 is 6.01 Å². The lowest BCUT2D eigenvalue weighted by molar-refractivity contribution is -0.121. The van der Waals surface area contributed by atoms with E-state index in [9.17, 15) is 13.2 Å². The number of rotatable bonds is 7. The topological polar surface area (TPSA) is 118 Å². The van der Waals surface area contributed by atoms with Crippen molar-refractivity contribution in [3.8, 4) is 6.01 Å². The first-order valence-corrected chi connectivity index (χ1v) is 9.86. The average molecular weight is 372 g/mol. The molecule has 0 unspecified atom stereocenters. The first-order chi connectivity index (χ1) is 11.8. The molecule has 11 heteroatoms. The molecule has 0 spiro atoms. The maximum Gasteiger partial charge on any atom is 0.321 e. The highest BCUT2D eigenvalue weighted by molar-refractivity contribution is 7.88. The Hall–Kier alpha value is -2.01. The predicted molar refractivity (Wildman–Crippen MR) is 91.8 cm³/mol. The third kappa shape index (κ3) is 5.78. The molecule has 0 aliphatic carbocycles. The van der Waals surface area contributed by atoms with Gasteiger partial charge in [0, 0.05) is 20.1 Å². The number of methoxy groups -OCH3 is 1. The number of sulfonamides is 1. The number of anilines is 1. The van der Waals surface area contributed by atoms with Crippen molar-refractivity contribution in [1.82, 2.24) is 24.6 Å². The Morgan fingerprint density at radius 2 is 1.92 bits per heavy atom. The molecule has 25 heavy (non-hydrogen) atoms. The van der Waals surface area contributed by atoms with Gasteiger partial charge in [0.15, 0.2) is 5.82 Å². The number of nitrogens with one attached hydrogen (secondary N) is 1. The van der Waals surface area contributed by atoms with Crippen molar-refractivity contribution in [2.24, 2.45) is 0 Å². The van der Waals surface area contributed by atoms with Crippen LogP contribution in [-0.4, -0.2) is 73.6 Å². The van der Waals surface area contributed by atoms with Gasteiger partial charge in [-0.1, -0.05) is 0 Å². The molecule has 2 rings (SSSR count). The summed E-state index contributed by atoms with van der Waals surface area (Å²) < 4.78 is 28.8. The quantitative estimate of drug-likeness (QED) is 0.673. The molecule has 1 fully saturated rings. The second-order valence-electron chi connectivity index (χ2n) is 5.88. The highest BCUT2D eigenvalue weighted by Gasteiger charge is 2.18. The van der Waals surface area contributed by atoms with Gasteiger partial charge in [-0.3, -0.25) is 4.79 Å². The maximum absolute atomic E-state index is 11.9. The van der Waals surface area contributed by atoms with Gasteiger partial charge in [-0.15, -0.1) is 0 Å². The van der Waals surface area contributed by atoms with Crippen molar-refractivity contribution in [2.45, 2.75) is 25.8 Å². The number of carbonyl (C=O) groups is 1. The fourth-order valence-electron chi connectivity index (χ4n) is 2.35. The van der Waals surface area contributed by atoms with E-state index in [2.05, 4.69) is 25.2 Å². The second-order valence-corrected chi connectivity index (χ2v) is 7.97. The average Bonchev–Trinajstić information content (AvgIpc) is 2.59. The molecule has 0 saturated carbocycles. The maximum atomic E-state index is 11.9. The molecule has 1 aromatic heterocycles. The Balaban J connectivity index is 2.02. The van der Waals surface area contributed by atoms with Crippen LogP contribution in [0.2, 0.25) is 0 Å². The molecule has 1 N–H and O–H groups in total. The molecule has 0 atom stereocenters. The van der Waals surface area contributed by atoms with Gasteiger partial charge in [0.05, 0.1) is 26.5 Å². The number of amides is 1. The number of aromatic nitrogens is 3. The summed E-state index contributed by atoms with van der Waals surface area (Å²) in [4.78, 5) is 26.7. The number of ether oxygens (including phenoxy) is 1. The minimum atomic E-state index is -3.41. The lowest BCUT2D eigenvalue weighted by Gasteiger charge is -2.26. The van der Waals surface area contributed by atoms with Gasteiger partial charge in [0.2, 0.25) is 21.9 Å². The van der Waals surface area contributed by atoms with E-state index < -0.39 is 15.9 Å². The SMILES string of the molecule is COc1nc(CNC(=O)CN(C)S(C)(=O)=O)nc(N2CCCCC2)n1. The van der Waals surface area contributed by atoms with Crippen molar-refractivity contribution in [2.75, 3.05) is 44.9 Å². The summed E-state index contributed by atoms with van der Waals surface area (Å²) in [5.74, 6) is 0.457. The van der Waals surface area contributed by atoms with Gasteiger partial charge in [-0.05, 0) is 19.3 Å². The van der Waals surface area contributed by atoms with Gasteiger partial charge in [0.25, 0.3) is 0 Å². The monoisotopic (exact) mass is 372 g/mol. The minimum Gasteiger partial charge on any atom is -0.467 e. The van der Waals surface area contributed by atoms with Gasteiger partial charge in [-0.25, -0.2) is 8.42 Å². The van der Waals surface area contributed by atoms with Crippen LogP contribution < -0.4 is 15.0 Å². The van der Waals surface area contributed by atoms with E-state index in [4.69, 9.17) is 4.74 Å². The summed E-state index contributed by atoms with van der Waals surface area (Å²) in [6.45, 7) is 1.55. The van der Waals surface area contributed by atoms with Crippen LogP contribution in [0.25, 0.3) is 0 Å². The van der Waals surface area contributed by atoms with Gasteiger partial charge < -0.3 is 15.0 Å². The fraction of sp³-hybridized carbons (Fsp3) is 0.714. The molecule has 10 nitrogen and oxygen atoms in total. The smallest absolute Gasteiger partial charge is 0.321 e. The van der Waals surface area contributed by atoms with Crippen LogP contribution in [0.4, 0.5) is 5.95 Å². The predicted octanol–water partition coefficient (Wildman–Crippen LogP) is -0.622. The number of likely N-dealkylation sites (N-methyl/N-ethyl adjacent to an activating group) is 1. The molecule has 2 heterocycles. The molecule has 1 aliphatic rings. The van der Waals surface area contributed by atoms with E-state index in [1.54, 1.807) is 0 Å². The van der Waals surface area contributed by atoms with Crippen molar-refractivity contribution in [1.29, 1.82) is 0 Å². The van der Waals surface area contributed by atoms with Crippen molar-refractivity contribution >= 4 is 21.9 Å². The number of hydrogen-bond acceptors (Lipinski definition) is 8. The number of carbonyl (C=O) groups excluding carboxylic acids is 1. The molecule has 0 bridgehead atoms. The molecular formula is C14H24N6O4S. The fourth-order valence-corrected chi connectivity index (χ4v) is 2.70.